The second-order valence-electron chi connectivity index (χ2n) is 5.83. The molecule has 2 rings (SSSR count). The molecule has 98 valence electrons. The van der Waals surface area contributed by atoms with E-state index in [1.807, 2.05) is 13.0 Å². The number of aldehydes is 1. The van der Waals surface area contributed by atoms with Crippen molar-refractivity contribution in [1.82, 2.24) is 0 Å². The number of piperidine rings is 1. The van der Waals surface area contributed by atoms with Crippen molar-refractivity contribution in [2.24, 2.45) is 5.41 Å². The molecule has 18 heavy (non-hydrogen) atoms. The first kappa shape index (κ1) is 13.1. The second-order valence-corrected chi connectivity index (χ2v) is 5.83. The van der Waals surface area contributed by atoms with Crippen LogP contribution in [0.15, 0.2) is 18.2 Å². The third-order valence-corrected chi connectivity index (χ3v) is 4.47. The van der Waals surface area contributed by atoms with Crippen LogP contribution in [-0.4, -0.2) is 19.4 Å². The molecule has 2 nitrogen and oxygen atoms in total. The van der Waals surface area contributed by atoms with Gasteiger partial charge in [0.2, 0.25) is 0 Å². The number of hydrogen-bond donors (Lipinski definition) is 0. The van der Waals surface area contributed by atoms with Crippen molar-refractivity contribution in [3.8, 4) is 0 Å². The van der Waals surface area contributed by atoms with Crippen molar-refractivity contribution >= 4 is 12.0 Å². The second kappa shape index (κ2) is 5.13. The molecule has 0 aliphatic carbocycles. The lowest BCUT2D eigenvalue weighted by molar-refractivity contribution is 0.112. The van der Waals surface area contributed by atoms with Crippen LogP contribution >= 0.6 is 0 Å². The van der Waals surface area contributed by atoms with E-state index in [1.54, 1.807) is 0 Å². The predicted octanol–water partition coefficient (Wildman–Crippen LogP) is 3.82. The highest BCUT2D eigenvalue weighted by molar-refractivity contribution is 5.85. The first-order chi connectivity index (χ1) is 8.58. The van der Waals surface area contributed by atoms with Crippen LogP contribution in [0.4, 0.5) is 5.69 Å². The molecule has 0 bridgehead atoms. The molecule has 1 aromatic rings. The van der Waals surface area contributed by atoms with E-state index >= 15 is 0 Å². The Morgan fingerprint density at radius 1 is 1.33 bits per heavy atom. The number of rotatable bonds is 3. The van der Waals surface area contributed by atoms with Gasteiger partial charge in [0.15, 0.2) is 6.29 Å². The van der Waals surface area contributed by atoms with E-state index in [1.165, 1.54) is 19.3 Å². The highest BCUT2D eigenvalue weighted by Crippen LogP contribution is 2.36. The Labute approximate surface area is 110 Å². The predicted molar refractivity (Wildman–Crippen MR) is 76.4 cm³/mol. The van der Waals surface area contributed by atoms with E-state index in [4.69, 9.17) is 0 Å². The summed E-state index contributed by atoms with van der Waals surface area (Å²) < 4.78 is 0. The van der Waals surface area contributed by atoms with E-state index in [2.05, 4.69) is 30.9 Å². The van der Waals surface area contributed by atoms with Crippen LogP contribution in [0.1, 0.15) is 49.0 Å². The minimum atomic E-state index is 0.489. The molecule has 0 amide bonds. The molecule has 0 unspecified atom stereocenters. The summed E-state index contributed by atoms with van der Waals surface area (Å²) >= 11 is 0. The Balaban J connectivity index is 2.17. The number of hydrogen-bond acceptors (Lipinski definition) is 2. The number of carbonyl (C=O) groups excluding carboxylic acids is 1. The fraction of sp³-hybridized carbons (Fsp3) is 0.562. The SMILES string of the molecule is CCC1(C)CCN(c2ccc(C)cc2C=O)CC1. The van der Waals surface area contributed by atoms with Crippen molar-refractivity contribution < 1.29 is 4.79 Å². The lowest BCUT2D eigenvalue weighted by Gasteiger charge is -2.40. The van der Waals surface area contributed by atoms with Crippen molar-refractivity contribution in [2.75, 3.05) is 18.0 Å². The smallest absolute Gasteiger partial charge is 0.152 e. The molecule has 0 aromatic heterocycles. The van der Waals surface area contributed by atoms with Gasteiger partial charge in [-0.05, 0) is 37.3 Å². The van der Waals surface area contributed by atoms with E-state index < -0.39 is 0 Å². The molecule has 1 fully saturated rings. The van der Waals surface area contributed by atoms with E-state index in [0.29, 0.717) is 5.41 Å². The van der Waals surface area contributed by atoms with Gasteiger partial charge in [0.05, 0.1) is 0 Å². The summed E-state index contributed by atoms with van der Waals surface area (Å²) in [7, 11) is 0. The monoisotopic (exact) mass is 245 g/mol. The van der Waals surface area contributed by atoms with Gasteiger partial charge in [-0.3, -0.25) is 4.79 Å². The fourth-order valence-electron chi connectivity index (χ4n) is 2.70. The van der Waals surface area contributed by atoms with Crippen LogP contribution in [0.25, 0.3) is 0 Å². The van der Waals surface area contributed by atoms with Gasteiger partial charge >= 0.3 is 0 Å². The van der Waals surface area contributed by atoms with Gasteiger partial charge in [-0.15, -0.1) is 0 Å². The van der Waals surface area contributed by atoms with E-state index in [0.717, 1.165) is 36.2 Å². The largest absolute Gasteiger partial charge is 0.371 e. The Kier molecular flexibility index (Phi) is 3.74. The minimum absolute atomic E-state index is 0.489. The summed E-state index contributed by atoms with van der Waals surface area (Å²) in [4.78, 5) is 13.5. The van der Waals surface area contributed by atoms with Crippen LogP contribution < -0.4 is 4.90 Å². The summed E-state index contributed by atoms with van der Waals surface area (Å²) in [5.41, 5.74) is 3.57. The zero-order chi connectivity index (χ0) is 13.2. The highest BCUT2D eigenvalue weighted by atomic mass is 16.1. The summed E-state index contributed by atoms with van der Waals surface area (Å²) in [5, 5.41) is 0. The fourth-order valence-corrected chi connectivity index (χ4v) is 2.70. The quantitative estimate of drug-likeness (QED) is 0.754. The van der Waals surface area contributed by atoms with Crippen molar-refractivity contribution in [3.63, 3.8) is 0 Å². The van der Waals surface area contributed by atoms with E-state index in [9.17, 15) is 4.79 Å². The summed E-state index contributed by atoms with van der Waals surface area (Å²) in [5.74, 6) is 0. The Hall–Kier alpha value is -1.31. The average molecular weight is 245 g/mol. The van der Waals surface area contributed by atoms with Crippen molar-refractivity contribution in [2.45, 2.75) is 40.0 Å². The third-order valence-electron chi connectivity index (χ3n) is 4.47. The van der Waals surface area contributed by atoms with Crippen LogP contribution in [0, 0.1) is 12.3 Å². The normalized spacial score (nSPS) is 18.7. The minimum Gasteiger partial charge on any atom is -0.371 e. The van der Waals surface area contributed by atoms with Gasteiger partial charge in [-0.1, -0.05) is 31.9 Å². The number of aryl methyl sites for hydroxylation is 1. The van der Waals surface area contributed by atoms with Gasteiger partial charge in [0.25, 0.3) is 0 Å². The molecule has 0 N–H and O–H groups in total. The number of carbonyl (C=O) groups is 1. The summed E-state index contributed by atoms with van der Waals surface area (Å²) in [6.45, 7) is 8.81. The summed E-state index contributed by atoms with van der Waals surface area (Å²) in [6.07, 6.45) is 4.66. The highest BCUT2D eigenvalue weighted by Gasteiger charge is 2.28. The standard InChI is InChI=1S/C16H23NO/c1-4-16(3)7-9-17(10-8-16)15-6-5-13(2)11-14(15)12-18/h5-6,11-12H,4,7-10H2,1-3H3. The molecule has 0 spiro atoms. The maximum Gasteiger partial charge on any atom is 0.152 e. The van der Waals surface area contributed by atoms with Crippen LogP contribution in [-0.2, 0) is 0 Å². The van der Waals surface area contributed by atoms with Crippen LogP contribution in [0.5, 0.6) is 0 Å². The topological polar surface area (TPSA) is 20.3 Å². The molecule has 1 aliphatic heterocycles. The van der Waals surface area contributed by atoms with E-state index in [-0.39, 0.29) is 0 Å². The molecule has 0 radical (unpaired) electrons. The van der Waals surface area contributed by atoms with Crippen molar-refractivity contribution in [3.05, 3.63) is 29.3 Å². The van der Waals surface area contributed by atoms with Crippen molar-refractivity contribution in [1.29, 1.82) is 0 Å². The van der Waals surface area contributed by atoms with Gasteiger partial charge in [-0.2, -0.15) is 0 Å². The van der Waals surface area contributed by atoms with Gasteiger partial charge in [-0.25, -0.2) is 0 Å². The molecular weight excluding hydrogens is 222 g/mol. The lowest BCUT2D eigenvalue weighted by Crippen LogP contribution is -2.38. The molecule has 1 heterocycles. The first-order valence-corrected chi connectivity index (χ1v) is 6.89. The number of benzene rings is 1. The maximum atomic E-state index is 11.2. The zero-order valence-electron chi connectivity index (χ0n) is 11.7. The molecule has 1 saturated heterocycles. The number of nitrogens with zero attached hydrogens (tertiary/aromatic N) is 1. The molecule has 0 saturated carbocycles. The maximum absolute atomic E-state index is 11.2. The summed E-state index contributed by atoms with van der Waals surface area (Å²) in [6, 6.07) is 6.17. The van der Waals surface area contributed by atoms with Crippen LogP contribution in [0.3, 0.4) is 0 Å². The van der Waals surface area contributed by atoms with Gasteiger partial charge in [0.1, 0.15) is 0 Å². The molecule has 2 heteroatoms. The zero-order valence-corrected chi connectivity index (χ0v) is 11.7. The Morgan fingerprint density at radius 3 is 2.56 bits per heavy atom. The molecule has 1 aromatic carbocycles. The van der Waals surface area contributed by atoms with Crippen LogP contribution in [0.2, 0.25) is 0 Å². The average Bonchev–Trinajstić information content (AvgIpc) is 2.40. The molecular formula is C16H23NO. The Bertz CT molecular complexity index is 431. The number of anilines is 1. The molecule has 0 atom stereocenters. The molecule has 1 aliphatic rings. The first-order valence-electron chi connectivity index (χ1n) is 6.89. The Morgan fingerprint density at radius 2 is 2.00 bits per heavy atom. The lowest BCUT2D eigenvalue weighted by atomic mass is 9.78. The third kappa shape index (κ3) is 2.58. The van der Waals surface area contributed by atoms with Gasteiger partial charge in [0, 0.05) is 24.3 Å². The van der Waals surface area contributed by atoms with Gasteiger partial charge < -0.3 is 4.90 Å².